The molecule has 0 spiro atoms. The van der Waals surface area contributed by atoms with Crippen LogP contribution < -0.4 is 28.9 Å². The van der Waals surface area contributed by atoms with Crippen molar-refractivity contribution in [3.8, 4) is 5.75 Å². The van der Waals surface area contributed by atoms with Gasteiger partial charge in [0.1, 0.15) is 5.75 Å². The summed E-state index contributed by atoms with van der Waals surface area (Å²) in [5, 5.41) is 0.364. The van der Waals surface area contributed by atoms with Crippen molar-refractivity contribution < 1.29 is 56.2 Å². The maximum absolute atomic E-state index is 13.3. The summed E-state index contributed by atoms with van der Waals surface area (Å²) in [6.07, 6.45) is -8.38. The van der Waals surface area contributed by atoms with E-state index < -0.39 is 43.1 Å². The zero-order chi connectivity index (χ0) is 21.8. The Kier molecular flexibility index (Phi) is 9.47. The maximum atomic E-state index is 13.3. The first-order chi connectivity index (χ1) is 13.4. The van der Waals surface area contributed by atoms with Crippen LogP contribution in [0, 0.1) is 6.92 Å². The summed E-state index contributed by atoms with van der Waals surface area (Å²) in [6.45, 7) is 4.12. The Morgan fingerprint density at radius 2 is 1.60 bits per heavy atom. The van der Waals surface area contributed by atoms with E-state index in [1.54, 1.807) is 19.1 Å². The van der Waals surface area contributed by atoms with Crippen molar-refractivity contribution in [2.75, 3.05) is 6.61 Å². The standard InChI is InChI=1S/C20H19F6O2P.Li.H/c1-3-4-10-28-13-8-9-16(12(2)11-13)29-18(27)17-14(19(21,22)23)6-5-7-15(17)20(24,25)26;;/h5-9,11,29H,3-4,10H2,1-2H3;;/q;+1;-1. The van der Waals surface area contributed by atoms with Gasteiger partial charge in [0.05, 0.1) is 17.7 Å². The molecule has 0 saturated carbocycles. The zero-order valence-electron chi connectivity index (χ0n) is 17.7. The van der Waals surface area contributed by atoms with Gasteiger partial charge in [-0.15, -0.1) is 0 Å². The monoisotopic (exact) mass is 444 g/mol. The molecule has 2 nitrogen and oxygen atoms in total. The summed E-state index contributed by atoms with van der Waals surface area (Å²) in [7, 11) is -0.890. The molecule has 0 aromatic heterocycles. The van der Waals surface area contributed by atoms with Gasteiger partial charge >= 0.3 is 31.2 Å². The SMILES string of the molecule is CCCCOc1ccc(PC(=O)c2c(C(F)(F)F)cccc2C(F)(F)F)c(C)c1.[H-].[Li+]. The Balaban J connectivity index is 0.00000450. The van der Waals surface area contributed by atoms with Crippen molar-refractivity contribution in [3.63, 3.8) is 0 Å². The second-order valence-corrected chi connectivity index (χ2v) is 7.60. The fourth-order valence-corrected chi connectivity index (χ4v) is 3.73. The van der Waals surface area contributed by atoms with Gasteiger partial charge in [-0.1, -0.05) is 25.5 Å². The number of carbonyl (C=O) groups is 1. The molecule has 0 radical (unpaired) electrons. The topological polar surface area (TPSA) is 26.3 Å². The molecule has 0 fully saturated rings. The van der Waals surface area contributed by atoms with Crippen molar-refractivity contribution in [1.82, 2.24) is 0 Å². The summed E-state index contributed by atoms with van der Waals surface area (Å²) >= 11 is 0. The van der Waals surface area contributed by atoms with Crippen LogP contribution in [-0.4, -0.2) is 12.1 Å². The van der Waals surface area contributed by atoms with Crippen molar-refractivity contribution in [3.05, 3.63) is 58.7 Å². The van der Waals surface area contributed by atoms with Crippen molar-refractivity contribution in [2.45, 2.75) is 39.0 Å². The number of rotatable bonds is 7. The summed E-state index contributed by atoms with van der Waals surface area (Å²) in [4.78, 5) is 12.6. The summed E-state index contributed by atoms with van der Waals surface area (Å²) in [5.41, 5.74) is -5.16. The molecule has 0 saturated heterocycles. The number of hydrogen-bond acceptors (Lipinski definition) is 2. The molecule has 1 unspecified atom stereocenters. The molecule has 1 atom stereocenters. The molecule has 0 aliphatic carbocycles. The van der Waals surface area contributed by atoms with E-state index >= 15 is 0 Å². The second-order valence-electron chi connectivity index (χ2n) is 6.36. The number of aryl methyl sites for hydroxylation is 1. The minimum Gasteiger partial charge on any atom is -1.00 e. The van der Waals surface area contributed by atoms with E-state index in [-0.39, 0.29) is 20.3 Å². The van der Waals surface area contributed by atoms with Gasteiger partial charge in [0.15, 0.2) is 5.52 Å². The third-order valence-electron chi connectivity index (χ3n) is 4.12. The minimum absolute atomic E-state index is 0. The van der Waals surface area contributed by atoms with E-state index in [4.69, 9.17) is 4.74 Å². The average Bonchev–Trinajstić information content (AvgIpc) is 2.62. The molecule has 0 bridgehead atoms. The van der Waals surface area contributed by atoms with Crippen LogP contribution in [0.2, 0.25) is 0 Å². The number of unbranched alkanes of at least 4 members (excludes halogenated alkanes) is 1. The first kappa shape index (κ1) is 26.6. The number of hydrogen-bond donors (Lipinski definition) is 0. The quantitative estimate of drug-likeness (QED) is 0.283. The predicted molar refractivity (Wildman–Crippen MR) is 101 cm³/mol. The van der Waals surface area contributed by atoms with E-state index in [9.17, 15) is 31.1 Å². The fraction of sp³-hybridized carbons (Fsp3) is 0.350. The van der Waals surface area contributed by atoms with Gasteiger partial charge in [-0.05, 0) is 57.1 Å². The molecule has 0 amide bonds. The third kappa shape index (κ3) is 6.77. The van der Waals surface area contributed by atoms with E-state index in [0.29, 0.717) is 41.4 Å². The average molecular weight is 444 g/mol. The molecule has 0 aliphatic rings. The molecule has 0 aliphatic heterocycles. The minimum atomic E-state index is -5.08. The van der Waals surface area contributed by atoms with Gasteiger partial charge in [-0.3, -0.25) is 4.79 Å². The van der Waals surface area contributed by atoms with E-state index in [1.807, 2.05) is 6.92 Å². The van der Waals surface area contributed by atoms with Gasteiger partial charge in [0, 0.05) is 5.56 Å². The van der Waals surface area contributed by atoms with Crippen molar-refractivity contribution >= 4 is 19.4 Å². The molecule has 0 N–H and O–H groups in total. The molecule has 10 heteroatoms. The predicted octanol–water partition coefficient (Wildman–Crippen LogP) is 3.47. The number of carbonyl (C=O) groups excluding carboxylic acids is 1. The fourth-order valence-electron chi connectivity index (χ4n) is 2.65. The van der Waals surface area contributed by atoms with E-state index in [0.717, 1.165) is 12.8 Å². The molecule has 2 aromatic carbocycles. The Bertz CT molecular complexity index is 855. The van der Waals surface area contributed by atoms with Crippen LogP contribution in [-0.2, 0) is 12.4 Å². The number of halogens is 6. The van der Waals surface area contributed by atoms with Gasteiger partial charge in [-0.25, -0.2) is 0 Å². The normalized spacial score (nSPS) is 12.1. The molecule has 0 heterocycles. The summed E-state index contributed by atoms with van der Waals surface area (Å²) in [6, 6.07) is 6.30. The largest absolute Gasteiger partial charge is 1.00 e. The third-order valence-corrected chi connectivity index (χ3v) is 5.42. The smallest absolute Gasteiger partial charge is 1.00 e. The van der Waals surface area contributed by atoms with Gasteiger partial charge in [-0.2, -0.15) is 26.3 Å². The Morgan fingerprint density at radius 1 is 1.03 bits per heavy atom. The Morgan fingerprint density at radius 3 is 2.07 bits per heavy atom. The molecule has 160 valence electrons. The second kappa shape index (κ2) is 10.7. The van der Waals surface area contributed by atoms with Crippen LogP contribution >= 0.6 is 8.58 Å². The van der Waals surface area contributed by atoms with Gasteiger partial charge in [0.25, 0.3) is 0 Å². The number of benzene rings is 2. The van der Waals surface area contributed by atoms with Gasteiger partial charge in [0.2, 0.25) is 0 Å². The van der Waals surface area contributed by atoms with Gasteiger partial charge < -0.3 is 6.16 Å². The van der Waals surface area contributed by atoms with Crippen LogP contribution in [0.5, 0.6) is 5.75 Å². The molecule has 2 aromatic rings. The zero-order valence-corrected chi connectivity index (χ0v) is 17.7. The van der Waals surface area contributed by atoms with Crippen LogP contribution in [0.3, 0.4) is 0 Å². The van der Waals surface area contributed by atoms with Crippen molar-refractivity contribution in [2.24, 2.45) is 0 Å². The molecule has 30 heavy (non-hydrogen) atoms. The Hall–Kier alpha value is -1.48. The van der Waals surface area contributed by atoms with E-state index in [1.165, 1.54) is 6.07 Å². The first-order valence-electron chi connectivity index (χ1n) is 8.77. The van der Waals surface area contributed by atoms with Crippen LogP contribution in [0.15, 0.2) is 36.4 Å². The maximum Gasteiger partial charge on any atom is 1.00 e. The number of alkyl halides is 6. The molecule has 2 rings (SSSR count). The number of ether oxygens (including phenoxy) is 1. The van der Waals surface area contributed by atoms with Crippen LogP contribution in [0.1, 0.15) is 48.2 Å². The van der Waals surface area contributed by atoms with Crippen LogP contribution in [0.4, 0.5) is 26.3 Å². The first-order valence-corrected chi connectivity index (χ1v) is 9.77. The molecular formula is C20H20F6LiO2P. The van der Waals surface area contributed by atoms with Crippen molar-refractivity contribution in [1.29, 1.82) is 0 Å². The Labute approximate surface area is 185 Å². The summed E-state index contributed by atoms with van der Waals surface area (Å²) in [5.74, 6) is 0.531. The van der Waals surface area contributed by atoms with Crippen LogP contribution in [0.25, 0.3) is 0 Å². The summed E-state index contributed by atoms with van der Waals surface area (Å²) < 4.78 is 85.1. The molecular weight excluding hydrogens is 424 g/mol. The van der Waals surface area contributed by atoms with E-state index in [2.05, 4.69) is 0 Å².